The first kappa shape index (κ1) is 13.2. The van der Waals surface area contributed by atoms with Gasteiger partial charge in [-0.05, 0) is 36.4 Å². The molecule has 4 aromatic rings. The van der Waals surface area contributed by atoms with Crippen LogP contribution in [-0.4, -0.2) is 14.5 Å². The third-order valence-electron chi connectivity index (χ3n) is 3.38. The highest BCUT2D eigenvalue weighted by atomic mass is 79.9. The molecule has 2 aromatic heterocycles. The molecule has 3 nitrogen and oxygen atoms in total. The molecule has 0 saturated carbocycles. The maximum atomic E-state index is 6.09. The van der Waals surface area contributed by atoms with Crippen LogP contribution in [-0.2, 0) is 5.88 Å². The summed E-state index contributed by atoms with van der Waals surface area (Å²) in [6, 6.07) is 12.3. The fourth-order valence-electron chi connectivity index (χ4n) is 2.46. The van der Waals surface area contributed by atoms with Crippen molar-refractivity contribution < 1.29 is 0 Å². The zero-order valence-corrected chi connectivity index (χ0v) is 13.9. The number of fused-ring (bicyclic) bond motifs is 2. The highest BCUT2D eigenvalue weighted by Crippen LogP contribution is 2.28. The molecule has 0 atom stereocenters. The second-order valence-electron chi connectivity index (χ2n) is 4.63. The summed E-state index contributed by atoms with van der Waals surface area (Å²) in [5.74, 6) is 1.21. The van der Waals surface area contributed by atoms with Gasteiger partial charge in [0.05, 0.1) is 32.6 Å². The number of benzene rings is 2. The second-order valence-corrected chi connectivity index (χ2v) is 6.70. The fourth-order valence-corrected chi connectivity index (χ4v) is 3.70. The summed E-state index contributed by atoms with van der Waals surface area (Å²) in [5.41, 5.74) is 5.92. The SMILES string of the molecule is ClCc1nc2ccc(Br)cc2n1-c1ccc2ncsc2c1. The molecule has 4 rings (SSSR count). The molecule has 104 valence electrons. The summed E-state index contributed by atoms with van der Waals surface area (Å²) in [4.78, 5) is 8.93. The average molecular weight is 379 g/mol. The van der Waals surface area contributed by atoms with E-state index in [1.54, 1.807) is 11.3 Å². The van der Waals surface area contributed by atoms with Crippen molar-refractivity contribution >= 4 is 60.1 Å². The first-order valence-electron chi connectivity index (χ1n) is 6.33. The largest absolute Gasteiger partial charge is 0.295 e. The third kappa shape index (κ3) is 2.16. The molecule has 0 aliphatic rings. The fraction of sp³-hybridized carbons (Fsp3) is 0.0667. The number of nitrogens with zero attached hydrogens (tertiary/aromatic N) is 3. The lowest BCUT2D eigenvalue weighted by atomic mass is 10.2. The van der Waals surface area contributed by atoms with E-state index in [0.29, 0.717) is 5.88 Å². The molecule has 0 aliphatic heterocycles. The molecule has 0 N–H and O–H groups in total. The first-order valence-corrected chi connectivity index (χ1v) is 8.53. The monoisotopic (exact) mass is 377 g/mol. The van der Waals surface area contributed by atoms with E-state index in [4.69, 9.17) is 11.6 Å². The molecular formula is C15H9BrClN3S. The quantitative estimate of drug-likeness (QED) is 0.452. The molecule has 0 bridgehead atoms. The van der Waals surface area contributed by atoms with Gasteiger partial charge in [-0.2, -0.15) is 0 Å². The number of imidazole rings is 1. The Kier molecular flexibility index (Phi) is 3.21. The number of hydrogen-bond donors (Lipinski definition) is 0. The summed E-state index contributed by atoms with van der Waals surface area (Å²) >= 11 is 11.2. The minimum atomic E-state index is 0.368. The van der Waals surface area contributed by atoms with E-state index in [1.807, 2.05) is 23.7 Å². The maximum Gasteiger partial charge on any atom is 0.129 e. The molecule has 0 amide bonds. The van der Waals surface area contributed by atoms with Crippen molar-refractivity contribution in [3.8, 4) is 5.69 Å². The minimum Gasteiger partial charge on any atom is -0.295 e. The van der Waals surface area contributed by atoms with Crippen molar-refractivity contribution in [2.75, 3.05) is 0 Å². The summed E-state index contributed by atoms with van der Waals surface area (Å²) in [7, 11) is 0. The summed E-state index contributed by atoms with van der Waals surface area (Å²) in [6.07, 6.45) is 0. The maximum absolute atomic E-state index is 6.09. The number of rotatable bonds is 2. The standard InChI is InChI=1S/C15H9BrClN3S/c16-9-1-3-11-13(5-9)20(15(7-17)19-11)10-2-4-12-14(6-10)21-8-18-12/h1-6,8H,7H2. The van der Waals surface area contributed by atoms with Crippen molar-refractivity contribution in [2.24, 2.45) is 0 Å². The van der Waals surface area contributed by atoms with Gasteiger partial charge < -0.3 is 0 Å². The van der Waals surface area contributed by atoms with Gasteiger partial charge in [0.15, 0.2) is 0 Å². The van der Waals surface area contributed by atoms with Crippen LogP contribution >= 0.6 is 38.9 Å². The lowest BCUT2D eigenvalue weighted by molar-refractivity contribution is 0.984. The second kappa shape index (κ2) is 5.09. The van der Waals surface area contributed by atoms with Crippen LogP contribution in [0.25, 0.3) is 26.9 Å². The summed E-state index contributed by atoms with van der Waals surface area (Å²) in [6.45, 7) is 0. The van der Waals surface area contributed by atoms with Gasteiger partial charge in [-0.3, -0.25) is 4.57 Å². The van der Waals surface area contributed by atoms with Gasteiger partial charge in [-0.15, -0.1) is 22.9 Å². The molecule has 2 heterocycles. The van der Waals surface area contributed by atoms with Crippen molar-refractivity contribution in [2.45, 2.75) is 5.88 Å². The van der Waals surface area contributed by atoms with E-state index < -0.39 is 0 Å². The summed E-state index contributed by atoms with van der Waals surface area (Å²) in [5, 5.41) is 0. The molecule has 0 spiro atoms. The molecule has 2 aromatic carbocycles. The lowest BCUT2D eigenvalue weighted by Crippen LogP contribution is -1.99. The predicted octanol–water partition coefficient (Wildman–Crippen LogP) is 5.14. The van der Waals surface area contributed by atoms with E-state index in [2.05, 4.69) is 48.7 Å². The molecule has 6 heteroatoms. The Balaban J connectivity index is 2.05. The number of halogens is 2. The lowest BCUT2D eigenvalue weighted by Gasteiger charge is -2.08. The molecule has 0 radical (unpaired) electrons. The van der Waals surface area contributed by atoms with Gasteiger partial charge in [0.25, 0.3) is 0 Å². The van der Waals surface area contributed by atoms with Crippen LogP contribution in [0.4, 0.5) is 0 Å². The number of aromatic nitrogens is 3. The van der Waals surface area contributed by atoms with Crippen molar-refractivity contribution in [3.63, 3.8) is 0 Å². The van der Waals surface area contributed by atoms with Gasteiger partial charge in [-0.25, -0.2) is 9.97 Å². The Morgan fingerprint density at radius 1 is 1.14 bits per heavy atom. The van der Waals surface area contributed by atoms with E-state index in [-0.39, 0.29) is 0 Å². The number of hydrogen-bond acceptors (Lipinski definition) is 3. The minimum absolute atomic E-state index is 0.368. The molecule has 21 heavy (non-hydrogen) atoms. The Hall–Kier alpha value is -1.43. The first-order chi connectivity index (χ1) is 10.3. The van der Waals surface area contributed by atoms with Crippen LogP contribution in [0.2, 0.25) is 0 Å². The third-order valence-corrected chi connectivity index (χ3v) is 4.90. The van der Waals surface area contributed by atoms with E-state index in [9.17, 15) is 0 Å². The molecule has 0 unspecified atom stereocenters. The highest BCUT2D eigenvalue weighted by molar-refractivity contribution is 9.10. The summed E-state index contributed by atoms with van der Waals surface area (Å²) < 4.78 is 4.28. The van der Waals surface area contributed by atoms with Crippen LogP contribution in [0.1, 0.15) is 5.82 Å². The molecule has 0 saturated heterocycles. The Morgan fingerprint density at radius 2 is 2.00 bits per heavy atom. The predicted molar refractivity (Wildman–Crippen MR) is 91.5 cm³/mol. The van der Waals surface area contributed by atoms with E-state index >= 15 is 0 Å². The van der Waals surface area contributed by atoms with Gasteiger partial charge in [0.2, 0.25) is 0 Å². The van der Waals surface area contributed by atoms with Crippen LogP contribution in [0.15, 0.2) is 46.4 Å². The van der Waals surface area contributed by atoms with Crippen molar-refractivity contribution in [1.29, 1.82) is 0 Å². The average Bonchev–Trinajstić information content (AvgIpc) is 3.09. The van der Waals surface area contributed by atoms with Gasteiger partial charge in [0, 0.05) is 10.2 Å². The van der Waals surface area contributed by atoms with Gasteiger partial charge in [-0.1, -0.05) is 15.9 Å². The Morgan fingerprint density at radius 3 is 2.86 bits per heavy atom. The van der Waals surface area contributed by atoms with Gasteiger partial charge in [0.1, 0.15) is 5.82 Å². The van der Waals surface area contributed by atoms with E-state index in [1.165, 1.54) is 0 Å². The topological polar surface area (TPSA) is 30.7 Å². The number of thiazole rings is 1. The van der Waals surface area contributed by atoms with Gasteiger partial charge >= 0.3 is 0 Å². The van der Waals surface area contributed by atoms with Crippen LogP contribution < -0.4 is 0 Å². The zero-order valence-electron chi connectivity index (χ0n) is 10.8. The smallest absolute Gasteiger partial charge is 0.129 e. The van der Waals surface area contributed by atoms with Crippen LogP contribution in [0, 0.1) is 0 Å². The van der Waals surface area contributed by atoms with Crippen LogP contribution in [0.5, 0.6) is 0 Å². The molecular weight excluding hydrogens is 370 g/mol. The zero-order chi connectivity index (χ0) is 14.4. The van der Waals surface area contributed by atoms with E-state index in [0.717, 1.165) is 37.2 Å². The van der Waals surface area contributed by atoms with Crippen molar-refractivity contribution in [3.05, 3.63) is 52.2 Å². The normalized spacial score (nSPS) is 11.5. The molecule has 0 aliphatic carbocycles. The number of alkyl halides is 1. The highest BCUT2D eigenvalue weighted by Gasteiger charge is 2.12. The van der Waals surface area contributed by atoms with Crippen LogP contribution in [0.3, 0.4) is 0 Å². The Labute approximate surface area is 138 Å². The van der Waals surface area contributed by atoms with Crippen molar-refractivity contribution in [1.82, 2.24) is 14.5 Å². The Bertz CT molecular complexity index is 960. The molecule has 0 fully saturated rings.